The highest BCUT2D eigenvalue weighted by Crippen LogP contribution is 2.04. The molecule has 5 nitrogen and oxygen atoms in total. The van der Waals surface area contributed by atoms with Crippen LogP contribution < -0.4 is 5.32 Å². The summed E-state index contributed by atoms with van der Waals surface area (Å²) < 4.78 is 0. The highest BCUT2D eigenvalue weighted by Gasteiger charge is 2.19. The third kappa shape index (κ3) is 7.02. The Bertz CT molecular complexity index is 466. The maximum Gasteiger partial charge on any atom is 0.234 e. The number of carbonyl (C=O) groups is 2. The number of Topliss-reactive ketones (excluding diaryl/α,β-unsaturated/α-hetero) is 1. The van der Waals surface area contributed by atoms with Crippen LogP contribution in [0.5, 0.6) is 0 Å². The van der Waals surface area contributed by atoms with Gasteiger partial charge in [-0.3, -0.25) is 14.5 Å². The van der Waals surface area contributed by atoms with Crippen LogP contribution in [-0.4, -0.2) is 53.5 Å². The highest BCUT2D eigenvalue weighted by molar-refractivity contribution is 5.99. The van der Waals surface area contributed by atoms with Gasteiger partial charge in [0.15, 0.2) is 5.78 Å². The molecule has 0 heterocycles. The molecule has 1 aromatic rings. The van der Waals surface area contributed by atoms with Gasteiger partial charge in [-0.15, -0.1) is 0 Å². The van der Waals surface area contributed by atoms with E-state index in [1.807, 2.05) is 17.9 Å². The zero-order valence-electron chi connectivity index (χ0n) is 12.9. The van der Waals surface area contributed by atoms with Gasteiger partial charge in [0.1, 0.15) is 0 Å². The third-order valence-electron chi connectivity index (χ3n) is 2.97. The van der Waals surface area contributed by atoms with E-state index in [-0.39, 0.29) is 24.8 Å². The van der Waals surface area contributed by atoms with Crippen molar-refractivity contribution in [3.05, 3.63) is 35.9 Å². The second kappa shape index (κ2) is 7.90. The molecule has 2 N–H and O–H groups in total. The van der Waals surface area contributed by atoms with Gasteiger partial charge < -0.3 is 10.4 Å². The lowest BCUT2D eigenvalue weighted by atomic mass is 10.1. The third-order valence-corrected chi connectivity index (χ3v) is 2.97. The minimum absolute atomic E-state index is 0.0110. The molecule has 1 aromatic carbocycles. The van der Waals surface area contributed by atoms with Crippen LogP contribution in [0.2, 0.25) is 0 Å². The summed E-state index contributed by atoms with van der Waals surface area (Å²) in [4.78, 5) is 25.5. The van der Waals surface area contributed by atoms with Gasteiger partial charge in [-0.05, 0) is 20.4 Å². The number of hydrogen-bond acceptors (Lipinski definition) is 4. The van der Waals surface area contributed by atoms with Crippen LogP contribution in [0.1, 0.15) is 31.1 Å². The Morgan fingerprint density at radius 3 is 2.38 bits per heavy atom. The van der Waals surface area contributed by atoms with E-state index in [9.17, 15) is 14.7 Å². The first-order chi connectivity index (χ1) is 9.81. The summed E-state index contributed by atoms with van der Waals surface area (Å²) in [7, 11) is 0. The topological polar surface area (TPSA) is 69.6 Å². The van der Waals surface area contributed by atoms with Gasteiger partial charge in [0.05, 0.1) is 18.7 Å². The minimum Gasteiger partial charge on any atom is -0.389 e. The first-order valence-electron chi connectivity index (χ1n) is 7.11. The van der Waals surface area contributed by atoms with E-state index in [0.717, 1.165) is 0 Å². The van der Waals surface area contributed by atoms with Crippen LogP contribution in [0.4, 0.5) is 0 Å². The van der Waals surface area contributed by atoms with Gasteiger partial charge >= 0.3 is 0 Å². The van der Waals surface area contributed by atoms with Crippen molar-refractivity contribution in [2.24, 2.45) is 0 Å². The number of aliphatic hydroxyl groups is 1. The Morgan fingerprint density at radius 2 is 1.86 bits per heavy atom. The number of nitrogens with zero attached hydrogens (tertiary/aromatic N) is 1. The van der Waals surface area contributed by atoms with Crippen LogP contribution in [0.15, 0.2) is 30.3 Å². The summed E-state index contributed by atoms with van der Waals surface area (Å²) in [6.45, 7) is 6.55. The molecular formula is C16H24N2O3. The lowest BCUT2D eigenvalue weighted by Gasteiger charge is -2.27. The lowest BCUT2D eigenvalue weighted by molar-refractivity contribution is -0.122. The maximum atomic E-state index is 11.9. The molecule has 0 saturated carbocycles. The standard InChI is InChI=1S/C16H24N2O3/c1-4-18(12-16(2,3)21)11-15(20)17-10-14(19)13-8-6-5-7-9-13/h5-9,21H,4,10-12H2,1-3H3,(H,17,20). The van der Waals surface area contributed by atoms with Gasteiger partial charge in [0.25, 0.3) is 0 Å². The van der Waals surface area contributed by atoms with Gasteiger partial charge in [-0.2, -0.15) is 0 Å². The summed E-state index contributed by atoms with van der Waals surface area (Å²) in [5.41, 5.74) is -0.266. The first-order valence-corrected chi connectivity index (χ1v) is 7.11. The number of carbonyl (C=O) groups excluding carboxylic acids is 2. The fourth-order valence-electron chi connectivity index (χ4n) is 1.99. The predicted octanol–water partition coefficient (Wildman–Crippen LogP) is 1.08. The van der Waals surface area contributed by atoms with Crippen LogP contribution in [0.25, 0.3) is 0 Å². The van der Waals surface area contributed by atoms with Crippen LogP contribution in [0, 0.1) is 0 Å². The number of likely N-dealkylation sites (N-methyl/N-ethyl adjacent to an activating group) is 1. The van der Waals surface area contributed by atoms with Crippen molar-refractivity contribution in [2.45, 2.75) is 26.4 Å². The van der Waals surface area contributed by atoms with Gasteiger partial charge in [0, 0.05) is 12.1 Å². The summed E-state index contributed by atoms with van der Waals surface area (Å²) in [6.07, 6.45) is 0. The smallest absolute Gasteiger partial charge is 0.234 e. The van der Waals surface area contributed by atoms with E-state index in [0.29, 0.717) is 18.7 Å². The number of ketones is 1. The molecule has 0 aromatic heterocycles. The van der Waals surface area contributed by atoms with Crippen molar-refractivity contribution in [1.29, 1.82) is 0 Å². The molecular weight excluding hydrogens is 268 g/mol. The Hall–Kier alpha value is -1.72. The minimum atomic E-state index is -0.851. The van der Waals surface area contributed by atoms with E-state index in [1.165, 1.54) is 0 Å². The van der Waals surface area contributed by atoms with Crippen molar-refractivity contribution in [3.63, 3.8) is 0 Å². The molecule has 116 valence electrons. The second-order valence-electron chi connectivity index (χ2n) is 5.68. The Morgan fingerprint density at radius 1 is 1.24 bits per heavy atom. The second-order valence-corrected chi connectivity index (χ2v) is 5.68. The fraction of sp³-hybridized carbons (Fsp3) is 0.500. The molecule has 1 amide bonds. The average Bonchev–Trinajstić information content (AvgIpc) is 2.43. The van der Waals surface area contributed by atoms with E-state index in [4.69, 9.17) is 0 Å². The van der Waals surface area contributed by atoms with Gasteiger partial charge in [-0.25, -0.2) is 0 Å². The van der Waals surface area contributed by atoms with Crippen molar-refractivity contribution in [3.8, 4) is 0 Å². The number of amides is 1. The average molecular weight is 292 g/mol. The normalized spacial score (nSPS) is 11.5. The van der Waals surface area contributed by atoms with Crippen molar-refractivity contribution >= 4 is 11.7 Å². The molecule has 21 heavy (non-hydrogen) atoms. The zero-order valence-corrected chi connectivity index (χ0v) is 12.9. The van der Waals surface area contributed by atoms with E-state index < -0.39 is 5.60 Å². The Labute approximate surface area is 126 Å². The lowest BCUT2D eigenvalue weighted by Crippen LogP contribution is -2.44. The molecule has 0 atom stereocenters. The van der Waals surface area contributed by atoms with E-state index in [2.05, 4.69) is 5.32 Å². The predicted molar refractivity (Wildman–Crippen MR) is 82.2 cm³/mol. The van der Waals surface area contributed by atoms with Crippen molar-refractivity contribution in [2.75, 3.05) is 26.2 Å². The molecule has 0 aliphatic rings. The summed E-state index contributed by atoms with van der Waals surface area (Å²) in [5, 5.41) is 12.4. The molecule has 0 unspecified atom stereocenters. The fourth-order valence-corrected chi connectivity index (χ4v) is 1.99. The Kier molecular flexibility index (Phi) is 6.52. The van der Waals surface area contributed by atoms with Crippen LogP contribution >= 0.6 is 0 Å². The van der Waals surface area contributed by atoms with Gasteiger partial charge in [0.2, 0.25) is 5.91 Å². The molecule has 0 fully saturated rings. The largest absolute Gasteiger partial charge is 0.389 e. The number of benzene rings is 1. The zero-order chi connectivity index (χ0) is 15.9. The number of nitrogens with one attached hydrogen (secondary N) is 1. The molecule has 0 radical (unpaired) electrons. The summed E-state index contributed by atoms with van der Waals surface area (Å²) in [5.74, 6) is -0.333. The first kappa shape index (κ1) is 17.3. The SMILES string of the molecule is CCN(CC(=O)NCC(=O)c1ccccc1)CC(C)(C)O. The molecule has 0 saturated heterocycles. The monoisotopic (exact) mass is 292 g/mol. The maximum absolute atomic E-state index is 11.9. The molecule has 1 rings (SSSR count). The van der Waals surface area contributed by atoms with Crippen molar-refractivity contribution < 1.29 is 14.7 Å². The molecule has 5 heteroatoms. The van der Waals surface area contributed by atoms with Gasteiger partial charge in [-0.1, -0.05) is 37.3 Å². The number of rotatable bonds is 8. The summed E-state index contributed by atoms with van der Waals surface area (Å²) in [6, 6.07) is 8.86. The molecule has 0 aliphatic heterocycles. The van der Waals surface area contributed by atoms with E-state index in [1.54, 1.807) is 38.1 Å². The molecule has 0 bridgehead atoms. The number of hydrogen-bond donors (Lipinski definition) is 2. The van der Waals surface area contributed by atoms with Crippen LogP contribution in [0.3, 0.4) is 0 Å². The van der Waals surface area contributed by atoms with E-state index >= 15 is 0 Å². The quantitative estimate of drug-likeness (QED) is 0.703. The Balaban J connectivity index is 2.41. The van der Waals surface area contributed by atoms with Crippen LogP contribution in [-0.2, 0) is 4.79 Å². The summed E-state index contributed by atoms with van der Waals surface area (Å²) >= 11 is 0. The highest BCUT2D eigenvalue weighted by atomic mass is 16.3. The molecule has 0 spiro atoms. The molecule has 0 aliphatic carbocycles. The van der Waals surface area contributed by atoms with Crippen molar-refractivity contribution in [1.82, 2.24) is 10.2 Å².